The molecule has 2 rings (SSSR count). The van der Waals surface area contributed by atoms with Crippen LogP contribution in [-0.4, -0.2) is 60.2 Å². The maximum atomic E-state index is 12.7. The average Bonchev–Trinajstić information content (AvgIpc) is 2.53. The molecule has 0 aromatic heterocycles. The third-order valence-corrected chi connectivity index (χ3v) is 7.80. The number of piperidine rings is 1. The van der Waals surface area contributed by atoms with Crippen LogP contribution in [0.1, 0.15) is 39.5 Å². The SMILES string of the molecule is CCC1(CC)CN(C(=O)C2CCN(S(N)(=O)=O)CC2)CCS1. The first-order chi connectivity index (χ1) is 10.3. The van der Waals surface area contributed by atoms with Crippen LogP contribution in [0.5, 0.6) is 0 Å². The minimum atomic E-state index is -3.62. The van der Waals surface area contributed by atoms with E-state index in [0.29, 0.717) is 25.9 Å². The van der Waals surface area contributed by atoms with Crippen molar-refractivity contribution in [2.45, 2.75) is 44.3 Å². The quantitative estimate of drug-likeness (QED) is 0.822. The summed E-state index contributed by atoms with van der Waals surface area (Å²) in [5.74, 6) is 1.12. The van der Waals surface area contributed by atoms with E-state index in [1.54, 1.807) is 0 Å². The molecule has 2 saturated heterocycles. The largest absolute Gasteiger partial charge is 0.340 e. The molecule has 0 unspecified atom stereocenters. The summed E-state index contributed by atoms with van der Waals surface area (Å²) in [5.41, 5.74) is 0. The number of nitrogens with two attached hydrogens (primary N) is 1. The number of hydrogen-bond acceptors (Lipinski definition) is 4. The zero-order chi connectivity index (χ0) is 16.4. The van der Waals surface area contributed by atoms with E-state index in [4.69, 9.17) is 5.14 Å². The second-order valence-corrected chi connectivity index (χ2v) is 9.33. The molecule has 22 heavy (non-hydrogen) atoms. The van der Waals surface area contributed by atoms with Gasteiger partial charge >= 0.3 is 0 Å². The maximum Gasteiger partial charge on any atom is 0.276 e. The molecule has 2 aliphatic rings. The lowest BCUT2D eigenvalue weighted by Gasteiger charge is -2.43. The molecule has 2 heterocycles. The van der Waals surface area contributed by atoms with Gasteiger partial charge in [-0.2, -0.15) is 24.5 Å². The van der Waals surface area contributed by atoms with Crippen molar-refractivity contribution in [2.24, 2.45) is 11.1 Å². The van der Waals surface area contributed by atoms with Crippen molar-refractivity contribution in [3.05, 3.63) is 0 Å². The van der Waals surface area contributed by atoms with E-state index in [1.807, 2.05) is 16.7 Å². The van der Waals surface area contributed by atoms with Gasteiger partial charge in [0.1, 0.15) is 0 Å². The van der Waals surface area contributed by atoms with Crippen LogP contribution in [0.3, 0.4) is 0 Å². The van der Waals surface area contributed by atoms with Crippen LogP contribution in [0.4, 0.5) is 0 Å². The second kappa shape index (κ2) is 7.07. The highest BCUT2D eigenvalue weighted by atomic mass is 32.2. The topological polar surface area (TPSA) is 83.7 Å². The minimum Gasteiger partial charge on any atom is -0.340 e. The van der Waals surface area contributed by atoms with Gasteiger partial charge in [-0.25, -0.2) is 5.14 Å². The number of rotatable bonds is 4. The van der Waals surface area contributed by atoms with Gasteiger partial charge in [-0.05, 0) is 25.7 Å². The van der Waals surface area contributed by atoms with Gasteiger partial charge in [0.15, 0.2) is 0 Å². The van der Waals surface area contributed by atoms with Gasteiger partial charge in [-0.3, -0.25) is 4.79 Å². The van der Waals surface area contributed by atoms with Gasteiger partial charge in [0, 0.05) is 42.6 Å². The van der Waals surface area contributed by atoms with Crippen LogP contribution < -0.4 is 5.14 Å². The van der Waals surface area contributed by atoms with E-state index in [9.17, 15) is 13.2 Å². The lowest BCUT2D eigenvalue weighted by atomic mass is 9.94. The summed E-state index contributed by atoms with van der Waals surface area (Å²) >= 11 is 1.98. The summed E-state index contributed by atoms with van der Waals surface area (Å²) in [5, 5.41) is 5.15. The fourth-order valence-electron chi connectivity index (χ4n) is 3.33. The standard InChI is InChI=1S/C14H27N3O3S2/c1-3-14(4-2)11-16(9-10-21-14)13(18)12-5-7-17(8-6-12)22(15,19)20/h12H,3-11H2,1-2H3,(H2,15,19,20). The Labute approximate surface area is 138 Å². The van der Waals surface area contributed by atoms with Gasteiger partial charge in [-0.15, -0.1) is 0 Å². The van der Waals surface area contributed by atoms with Gasteiger partial charge < -0.3 is 4.90 Å². The van der Waals surface area contributed by atoms with E-state index in [1.165, 1.54) is 4.31 Å². The van der Waals surface area contributed by atoms with Gasteiger partial charge in [0.25, 0.3) is 10.2 Å². The van der Waals surface area contributed by atoms with E-state index < -0.39 is 10.2 Å². The van der Waals surface area contributed by atoms with Gasteiger partial charge in [0.2, 0.25) is 5.91 Å². The van der Waals surface area contributed by atoms with Crippen molar-refractivity contribution < 1.29 is 13.2 Å². The lowest BCUT2D eigenvalue weighted by Crippen LogP contribution is -2.52. The Morgan fingerprint density at radius 1 is 1.23 bits per heavy atom. The Balaban J connectivity index is 1.95. The Hall–Kier alpha value is -0.310. The van der Waals surface area contributed by atoms with Crippen LogP contribution >= 0.6 is 11.8 Å². The number of carbonyl (C=O) groups excluding carboxylic acids is 1. The van der Waals surface area contributed by atoms with Crippen molar-refractivity contribution >= 4 is 27.9 Å². The first-order valence-corrected chi connectivity index (χ1v) is 10.5. The summed E-state index contributed by atoms with van der Waals surface area (Å²) < 4.78 is 24.1. The molecule has 0 aromatic rings. The van der Waals surface area contributed by atoms with Crippen molar-refractivity contribution in [3.63, 3.8) is 0 Å². The Kier molecular flexibility index (Phi) is 5.79. The fraction of sp³-hybridized carbons (Fsp3) is 0.929. The molecule has 1 amide bonds. The normalized spacial score (nSPS) is 24.4. The highest BCUT2D eigenvalue weighted by Gasteiger charge is 2.38. The average molecular weight is 350 g/mol. The Morgan fingerprint density at radius 3 is 2.32 bits per heavy atom. The summed E-state index contributed by atoms with van der Waals surface area (Å²) in [6.45, 7) is 6.71. The van der Waals surface area contributed by atoms with Crippen molar-refractivity contribution in [3.8, 4) is 0 Å². The molecule has 8 heteroatoms. The number of hydrogen-bond donors (Lipinski definition) is 1. The molecule has 128 valence electrons. The van der Waals surface area contributed by atoms with E-state index in [2.05, 4.69) is 13.8 Å². The van der Waals surface area contributed by atoms with Crippen LogP contribution in [0.25, 0.3) is 0 Å². The molecule has 0 bridgehead atoms. The molecular formula is C14H27N3O3S2. The molecule has 6 nitrogen and oxygen atoms in total. The smallest absolute Gasteiger partial charge is 0.276 e. The van der Waals surface area contributed by atoms with Crippen LogP contribution in [-0.2, 0) is 15.0 Å². The zero-order valence-corrected chi connectivity index (χ0v) is 15.1. The van der Waals surface area contributed by atoms with E-state index >= 15 is 0 Å². The summed E-state index contributed by atoms with van der Waals surface area (Å²) in [6.07, 6.45) is 3.29. The predicted molar refractivity (Wildman–Crippen MR) is 89.8 cm³/mol. The predicted octanol–water partition coefficient (Wildman–Crippen LogP) is 1.04. The fourth-order valence-corrected chi connectivity index (χ4v) is 5.45. The van der Waals surface area contributed by atoms with E-state index in [-0.39, 0.29) is 16.6 Å². The number of carbonyl (C=O) groups is 1. The minimum absolute atomic E-state index is 0.0625. The molecular weight excluding hydrogens is 322 g/mol. The van der Waals surface area contributed by atoms with Crippen molar-refractivity contribution in [1.82, 2.24) is 9.21 Å². The number of nitrogens with zero attached hydrogens (tertiary/aromatic N) is 2. The second-order valence-electron chi connectivity index (χ2n) is 6.22. The van der Waals surface area contributed by atoms with Gasteiger partial charge in [-0.1, -0.05) is 13.8 Å². The van der Waals surface area contributed by atoms with Crippen LogP contribution in [0.2, 0.25) is 0 Å². The molecule has 2 fully saturated rings. The molecule has 0 aliphatic carbocycles. The molecule has 2 N–H and O–H groups in total. The highest BCUT2D eigenvalue weighted by molar-refractivity contribution is 8.00. The lowest BCUT2D eigenvalue weighted by molar-refractivity contribution is -0.137. The van der Waals surface area contributed by atoms with Crippen LogP contribution in [0.15, 0.2) is 0 Å². The summed E-state index contributed by atoms with van der Waals surface area (Å²) in [6, 6.07) is 0. The molecule has 2 aliphatic heterocycles. The molecule has 0 atom stereocenters. The molecule has 0 spiro atoms. The van der Waals surface area contributed by atoms with Gasteiger partial charge in [0.05, 0.1) is 0 Å². The third-order valence-electron chi connectivity index (χ3n) is 5.01. The van der Waals surface area contributed by atoms with Crippen molar-refractivity contribution in [2.75, 3.05) is 31.9 Å². The molecule has 0 radical (unpaired) electrons. The first kappa shape index (κ1) is 18.0. The van der Waals surface area contributed by atoms with Crippen molar-refractivity contribution in [1.29, 1.82) is 0 Å². The maximum absolute atomic E-state index is 12.7. The molecule has 0 aromatic carbocycles. The Bertz CT molecular complexity index is 497. The Morgan fingerprint density at radius 2 is 1.82 bits per heavy atom. The number of amides is 1. The van der Waals surface area contributed by atoms with E-state index in [0.717, 1.165) is 31.7 Å². The third kappa shape index (κ3) is 3.96. The summed E-state index contributed by atoms with van der Waals surface area (Å²) in [7, 11) is -3.62. The zero-order valence-electron chi connectivity index (χ0n) is 13.5. The monoisotopic (exact) mass is 349 g/mol. The number of thioether (sulfide) groups is 1. The molecule has 0 saturated carbocycles. The summed E-state index contributed by atoms with van der Waals surface area (Å²) in [4.78, 5) is 14.7. The first-order valence-electron chi connectivity index (χ1n) is 8.02. The highest BCUT2D eigenvalue weighted by Crippen LogP contribution is 2.37. The van der Waals surface area contributed by atoms with Crippen LogP contribution in [0, 0.1) is 5.92 Å².